The third kappa shape index (κ3) is 8.99. The van der Waals surface area contributed by atoms with Gasteiger partial charge in [-0.1, -0.05) is 53.9 Å². The quantitative estimate of drug-likeness (QED) is 0.256. The van der Waals surface area contributed by atoms with Gasteiger partial charge in [-0.05, 0) is 61.2 Å². The van der Waals surface area contributed by atoms with Crippen molar-refractivity contribution in [3.8, 4) is 11.5 Å². The molecule has 3 aliphatic rings. The molecule has 3 aromatic rings. The zero-order valence-electron chi connectivity index (χ0n) is 30.6. The number of piperidine rings is 1. The number of piperazine rings is 1. The van der Waals surface area contributed by atoms with Gasteiger partial charge in [-0.3, -0.25) is 14.8 Å². The number of aliphatic imine (C=N–C) groups is 1. The summed E-state index contributed by atoms with van der Waals surface area (Å²) in [6.45, 7) is 5.42. The summed E-state index contributed by atoms with van der Waals surface area (Å²) in [7, 11) is -5.91. The van der Waals surface area contributed by atoms with E-state index in [1.807, 2.05) is 31.2 Å². The van der Waals surface area contributed by atoms with Crippen molar-refractivity contribution >= 4 is 55.1 Å². The highest BCUT2D eigenvalue weighted by Gasteiger charge is 2.45. The Balaban J connectivity index is 1.47. The third-order valence-electron chi connectivity index (χ3n) is 9.87. The summed E-state index contributed by atoms with van der Waals surface area (Å²) in [5, 5.41) is 1.07. The van der Waals surface area contributed by atoms with Gasteiger partial charge in [-0.2, -0.15) is 4.31 Å². The molecule has 2 atom stereocenters. The van der Waals surface area contributed by atoms with Crippen LogP contribution < -0.4 is 14.2 Å². The molecule has 3 heterocycles. The van der Waals surface area contributed by atoms with E-state index in [-0.39, 0.29) is 35.7 Å². The van der Waals surface area contributed by atoms with E-state index in [2.05, 4.69) is 9.62 Å². The lowest BCUT2D eigenvalue weighted by atomic mass is 9.93. The van der Waals surface area contributed by atoms with E-state index in [1.54, 1.807) is 40.1 Å². The van der Waals surface area contributed by atoms with Crippen LogP contribution in [0.1, 0.15) is 55.0 Å². The van der Waals surface area contributed by atoms with Crippen LogP contribution in [0.4, 0.5) is 4.79 Å². The topological polar surface area (TPSA) is 141 Å². The number of carbonyl (C=O) groups excluding carboxylic acids is 1. The van der Waals surface area contributed by atoms with Crippen molar-refractivity contribution in [3.05, 3.63) is 87.4 Å². The van der Waals surface area contributed by atoms with Gasteiger partial charge in [0.15, 0.2) is 0 Å². The molecule has 0 aliphatic carbocycles. The number of sulfonamides is 2. The van der Waals surface area contributed by atoms with Gasteiger partial charge in [-0.25, -0.2) is 26.4 Å². The summed E-state index contributed by atoms with van der Waals surface area (Å²) in [6.07, 6.45) is 3.59. The Kier molecular flexibility index (Phi) is 12.8. The van der Waals surface area contributed by atoms with Crippen molar-refractivity contribution in [1.29, 1.82) is 0 Å². The second kappa shape index (κ2) is 17.1. The SMILES string of the molecule is CCOc1cc(OC)c(S(=O)(=O)N2CCCCC2)cc1C1=N[C@@H](c2ccc(Cl)cc2)[C@@H](c2ccc(Cl)cc2)N1C(=O)N1CCN(CCNS(C)(=O)=O)CC1. The number of halogens is 2. The summed E-state index contributed by atoms with van der Waals surface area (Å²) < 4.78 is 67.6. The lowest BCUT2D eigenvalue weighted by Crippen LogP contribution is -2.54. The number of hydrogen-bond acceptors (Lipinski definition) is 9. The van der Waals surface area contributed by atoms with Gasteiger partial charge in [0.05, 0.1) is 31.6 Å². The molecule has 0 radical (unpaired) electrons. The molecule has 17 heteroatoms. The number of ether oxygens (including phenoxy) is 2. The van der Waals surface area contributed by atoms with Gasteiger partial charge < -0.3 is 14.4 Å². The molecule has 54 heavy (non-hydrogen) atoms. The minimum atomic E-state index is -4.00. The van der Waals surface area contributed by atoms with E-state index in [9.17, 15) is 16.8 Å². The van der Waals surface area contributed by atoms with Crippen LogP contribution in [0.25, 0.3) is 0 Å². The number of methoxy groups -OCH3 is 1. The van der Waals surface area contributed by atoms with Crippen LogP contribution >= 0.6 is 23.2 Å². The maximum atomic E-state index is 15.1. The van der Waals surface area contributed by atoms with E-state index in [1.165, 1.54) is 17.5 Å². The van der Waals surface area contributed by atoms with Crippen LogP contribution in [0.2, 0.25) is 10.0 Å². The first kappa shape index (κ1) is 40.2. The van der Waals surface area contributed by atoms with Gasteiger partial charge in [0.1, 0.15) is 28.3 Å². The molecule has 0 saturated carbocycles. The van der Waals surface area contributed by atoms with Crippen molar-refractivity contribution in [2.24, 2.45) is 4.99 Å². The van der Waals surface area contributed by atoms with Crippen LogP contribution in [-0.2, 0) is 20.0 Å². The molecule has 0 unspecified atom stereocenters. The molecule has 6 rings (SSSR count). The van der Waals surface area contributed by atoms with Crippen molar-refractivity contribution in [2.75, 3.05) is 72.3 Å². The first-order chi connectivity index (χ1) is 25.8. The highest BCUT2D eigenvalue weighted by atomic mass is 35.5. The number of urea groups is 1. The fourth-order valence-corrected chi connectivity index (χ4v) is 9.55. The molecule has 0 aromatic heterocycles. The standard InChI is InChI=1S/C37H46Cl2N6O7S2/c1-4-52-31-25-32(51-2)33(54(49,50)44-17-6-5-7-18-44)24-30(31)36-41-34(26-8-12-28(38)13-9-26)35(27-10-14-29(39)15-11-27)45(36)37(46)43-22-20-42(21-23-43)19-16-40-53(3,47)48/h8-15,24-25,34-35,40H,4-7,16-23H2,1-3H3/t34-,35+/m0/s1. The second-order valence-corrected chi connectivity index (χ2v) is 18.1. The highest BCUT2D eigenvalue weighted by Crippen LogP contribution is 2.47. The molecule has 1 N–H and O–H groups in total. The van der Waals surface area contributed by atoms with Crippen LogP contribution in [0.3, 0.4) is 0 Å². The smallest absolute Gasteiger partial charge is 0.326 e. The Morgan fingerprint density at radius 3 is 2.04 bits per heavy atom. The van der Waals surface area contributed by atoms with E-state index < -0.39 is 32.1 Å². The fraction of sp³-hybridized carbons (Fsp3) is 0.459. The molecule has 2 fully saturated rings. The monoisotopic (exact) mass is 820 g/mol. The maximum absolute atomic E-state index is 15.1. The van der Waals surface area contributed by atoms with Gasteiger partial charge in [-0.15, -0.1) is 0 Å². The zero-order chi connectivity index (χ0) is 38.6. The van der Waals surface area contributed by atoms with E-state index >= 15 is 4.79 Å². The summed E-state index contributed by atoms with van der Waals surface area (Å²) in [5.74, 6) is 0.702. The van der Waals surface area contributed by atoms with Crippen LogP contribution in [0.5, 0.6) is 11.5 Å². The van der Waals surface area contributed by atoms with Gasteiger partial charge in [0.25, 0.3) is 0 Å². The van der Waals surface area contributed by atoms with Crippen LogP contribution in [0, 0.1) is 0 Å². The molecule has 13 nitrogen and oxygen atoms in total. The Bertz CT molecular complexity index is 2050. The van der Waals surface area contributed by atoms with Crippen molar-refractivity contribution in [2.45, 2.75) is 43.2 Å². The number of benzene rings is 3. The molecular weight excluding hydrogens is 775 g/mol. The van der Waals surface area contributed by atoms with Crippen molar-refractivity contribution < 1.29 is 31.1 Å². The predicted octanol–water partition coefficient (Wildman–Crippen LogP) is 5.41. The third-order valence-corrected chi connectivity index (χ3v) is 13.0. The Morgan fingerprint density at radius 2 is 1.46 bits per heavy atom. The van der Waals surface area contributed by atoms with E-state index in [0.717, 1.165) is 36.6 Å². The number of carbonyl (C=O) groups is 1. The molecule has 2 amide bonds. The molecule has 2 saturated heterocycles. The number of nitrogens with one attached hydrogen (secondary N) is 1. The molecule has 3 aliphatic heterocycles. The average molecular weight is 822 g/mol. The maximum Gasteiger partial charge on any atom is 0.326 e. The van der Waals surface area contributed by atoms with Gasteiger partial charge in [0, 0.05) is 68.5 Å². The van der Waals surface area contributed by atoms with Crippen LogP contribution in [0.15, 0.2) is 70.6 Å². The Morgan fingerprint density at radius 1 is 0.852 bits per heavy atom. The van der Waals surface area contributed by atoms with Crippen molar-refractivity contribution in [1.82, 2.24) is 23.7 Å². The fourth-order valence-electron chi connectivity index (χ4n) is 7.16. The summed E-state index contributed by atoms with van der Waals surface area (Å²) in [6, 6.07) is 16.0. The second-order valence-electron chi connectivity index (χ2n) is 13.5. The average Bonchev–Trinajstić information content (AvgIpc) is 3.55. The predicted molar refractivity (Wildman–Crippen MR) is 210 cm³/mol. The molecule has 292 valence electrons. The molecule has 0 spiro atoms. The number of amides is 2. The van der Waals surface area contributed by atoms with Gasteiger partial charge in [0.2, 0.25) is 20.0 Å². The molecular formula is C37H46Cl2N6O7S2. The van der Waals surface area contributed by atoms with E-state index in [4.69, 9.17) is 37.7 Å². The van der Waals surface area contributed by atoms with Crippen LogP contribution in [-0.4, -0.2) is 120 Å². The highest BCUT2D eigenvalue weighted by molar-refractivity contribution is 7.89. The van der Waals surface area contributed by atoms with Gasteiger partial charge >= 0.3 is 6.03 Å². The molecule has 3 aromatic carbocycles. The number of hydrogen-bond donors (Lipinski definition) is 1. The normalized spacial score (nSPS) is 20.2. The zero-order valence-corrected chi connectivity index (χ0v) is 33.7. The molecule has 0 bridgehead atoms. The number of rotatable bonds is 12. The van der Waals surface area contributed by atoms with Crippen molar-refractivity contribution in [3.63, 3.8) is 0 Å². The lowest BCUT2D eigenvalue weighted by Gasteiger charge is -2.39. The summed E-state index contributed by atoms with van der Waals surface area (Å²) in [5.41, 5.74) is 1.90. The number of nitrogens with zero attached hydrogens (tertiary/aromatic N) is 5. The van der Waals surface area contributed by atoms with E-state index in [0.29, 0.717) is 67.2 Å². The minimum absolute atomic E-state index is 0.0326. The Hall–Kier alpha value is -3.44. The lowest BCUT2D eigenvalue weighted by molar-refractivity contribution is 0.120. The first-order valence-electron chi connectivity index (χ1n) is 18.0. The Labute approximate surface area is 327 Å². The first-order valence-corrected chi connectivity index (χ1v) is 22.1. The largest absolute Gasteiger partial charge is 0.495 e. The number of amidine groups is 1. The summed E-state index contributed by atoms with van der Waals surface area (Å²) >= 11 is 12.7. The minimum Gasteiger partial charge on any atom is -0.495 e. The summed E-state index contributed by atoms with van der Waals surface area (Å²) in [4.78, 5) is 25.8.